The molecule has 1 aromatic rings. The highest BCUT2D eigenvalue weighted by molar-refractivity contribution is 7.98. The predicted octanol–water partition coefficient (Wildman–Crippen LogP) is 2.07. The molecule has 2 heterocycles. The maximum Gasteiger partial charge on any atom is 0.239 e. The standard InChI is InChI=1S/C17H26N4O2S.ClH/c1-12-3-4-15(19-11-12)20-16(22)13-5-8-21(9-6-13)17(23)14(18)7-10-24-2;/h3-4,11,13-14H,5-10,18H2,1-2H3,(H,19,20,22);1H/t14-;/m0./s1. The number of hydrogen-bond donors (Lipinski definition) is 2. The summed E-state index contributed by atoms with van der Waals surface area (Å²) in [6.07, 6.45) is 5.76. The summed E-state index contributed by atoms with van der Waals surface area (Å²) in [5.41, 5.74) is 7.00. The first-order valence-corrected chi connectivity index (χ1v) is 9.67. The van der Waals surface area contributed by atoms with Crippen molar-refractivity contribution in [1.82, 2.24) is 9.88 Å². The zero-order chi connectivity index (χ0) is 17.5. The summed E-state index contributed by atoms with van der Waals surface area (Å²) in [4.78, 5) is 30.6. The average Bonchev–Trinajstić information content (AvgIpc) is 2.61. The smallest absolute Gasteiger partial charge is 0.239 e. The lowest BCUT2D eigenvalue weighted by Gasteiger charge is -2.32. The third-order valence-electron chi connectivity index (χ3n) is 4.29. The molecule has 0 radical (unpaired) electrons. The summed E-state index contributed by atoms with van der Waals surface area (Å²) in [5, 5.41) is 2.85. The number of halogens is 1. The summed E-state index contributed by atoms with van der Waals surface area (Å²) in [6, 6.07) is 3.29. The minimum absolute atomic E-state index is 0. The van der Waals surface area contributed by atoms with Crippen LogP contribution in [0.5, 0.6) is 0 Å². The maximum absolute atomic E-state index is 12.3. The Morgan fingerprint density at radius 3 is 2.64 bits per heavy atom. The quantitative estimate of drug-likeness (QED) is 0.781. The van der Waals surface area contributed by atoms with Crippen LogP contribution >= 0.6 is 24.2 Å². The minimum atomic E-state index is -0.431. The molecule has 1 aromatic heterocycles. The molecule has 1 aliphatic rings. The van der Waals surface area contributed by atoms with Crippen molar-refractivity contribution in [3.05, 3.63) is 23.9 Å². The molecule has 25 heavy (non-hydrogen) atoms. The number of aryl methyl sites for hydroxylation is 1. The van der Waals surface area contributed by atoms with Crippen LogP contribution in [0.15, 0.2) is 18.3 Å². The number of rotatable bonds is 6. The van der Waals surface area contributed by atoms with Crippen LogP contribution < -0.4 is 11.1 Å². The fourth-order valence-electron chi connectivity index (χ4n) is 2.73. The van der Waals surface area contributed by atoms with Gasteiger partial charge in [-0.3, -0.25) is 9.59 Å². The first-order chi connectivity index (χ1) is 11.5. The van der Waals surface area contributed by atoms with Gasteiger partial charge in [-0.05, 0) is 49.8 Å². The number of carbonyl (C=O) groups excluding carboxylic acids is 2. The first-order valence-electron chi connectivity index (χ1n) is 8.28. The van der Waals surface area contributed by atoms with Crippen molar-refractivity contribution in [3.8, 4) is 0 Å². The van der Waals surface area contributed by atoms with Crippen molar-refractivity contribution in [2.45, 2.75) is 32.2 Å². The van der Waals surface area contributed by atoms with Crippen molar-refractivity contribution >= 4 is 41.8 Å². The molecule has 6 nitrogen and oxygen atoms in total. The molecule has 0 saturated carbocycles. The van der Waals surface area contributed by atoms with Gasteiger partial charge in [0.1, 0.15) is 5.82 Å². The Morgan fingerprint density at radius 2 is 2.08 bits per heavy atom. The van der Waals surface area contributed by atoms with E-state index >= 15 is 0 Å². The van der Waals surface area contributed by atoms with E-state index in [1.165, 1.54) is 0 Å². The molecule has 1 atom stereocenters. The summed E-state index contributed by atoms with van der Waals surface area (Å²) in [7, 11) is 0. The molecule has 0 unspecified atom stereocenters. The second-order valence-electron chi connectivity index (χ2n) is 6.20. The van der Waals surface area contributed by atoms with Gasteiger partial charge in [-0.25, -0.2) is 4.98 Å². The molecular weight excluding hydrogens is 360 g/mol. The highest BCUT2D eigenvalue weighted by atomic mass is 35.5. The summed E-state index contributed by atoms with van der Waals surface area (Å²) < 4.78 is 0. The molecule has 8 heteroatoms. The summed E-state index contributed by atoms with van der Waals surface area (Å²) in [6.45, 7) is 3.13. The Morgan fingerprint density at radius 1 is 1.40 bits per heavy atom. The Balaban J connectivity index is 0.00000312. The van der Waals surface area contributed by atoms with Crippen molar-refractivity contribution in [1.29, 1.82) is 0 Å². The normalized spacial score (nSPS) is 16.0. The van der Waals surface area contributed by atoms with Gasteiger partial charge < -0.3 is 16.0 Å². The predicted molar refractivity (Wildman–Crippen MR) is 105 cm³/mol. The number of thioether (sulfide) groups is 1. The Kier molecular flexibility index (Phi) is 9.24. The van der Waals surface area contributed by atoms with E-state index in [4.69, 9.17) is 5.73 Å². The van der Waals surface area contributed by atoms with Crippen LogP contribution in [0.25, 0.3) is 0 Å². The molecule has 1 fully saturated rings. The zero-order valence-corrected chi connectivity index (χ0v) is 16.4. The third kappa shape index (κ3) is 6.49. The van der Waals surface area contributed by atoms with Crippen LogP contribution in [0.1, 0.15) is 24.8 Å². The molecule has 0 spiro atoms. The van der Waals surface area contributed by atoms with Gasteiger partial charge in [0, 0.05) is 25.2 Å². The van der Waals surface area contributed by atoms with Gasteiger partial charge in [0.25, 0.3) is 0 Å². The van der Waals surface area contributed by atoms with Crippen LogP contribution in [0.3, 0.4) is 0 Å². The van der Waals surface area contributed by atoms with Gasteiger partial charge in [0.05, 0.1) is 6.04 Å². The van der Waals surface area contributed by atoms with Gasteiger partial charge in [0.15, 0.2) is 0 Å². The first kappa shape index (κ1) is 21.7. The lowest BCUT2D eigenvalue weighted by Crippen LogP contribution is -2.48. The SMILES string of the molecule is CSCC[C@H](N)C(=O)N1CCC(C(=O)Nc2ccc(C)cn2)CC1.Cl. The molecule has 2 amide bonds. The second kappa shape index (κ2) is 10.6. The van der Waals surface area contributed by atoms with E-state index in [1.54, 1.807) is 28.9 Å². The number of pyridine rings is 1. The lowest BCUT2D eigenvalue weighted by atomic mass is 9.95. The number of nitrogens with two attached hydrogens (primary N) is 1. The van der Waals surface area contributed by atoms with E-state index in [0.717, 1.165) is 11.3 Å². The monoisotopic (exact) mass is 386 g/mol. The van der Waals surface area contributed by atoms with Crippen LogP contribution in [0.4, 0.5) is 5.82 Å². The van der Waals surface area contributed by atoms with E-state index in [-0.39, 0.29) is 30.1 Å². The van der Waals surface area contributed by atoms with Gasteiger partial charge in [-0.2, -0.15) is 11.8 Å². The summed E-state index contributed by atoms with van der Waals surface area (Å²) >= 11 is 1.69. The summed E-state index contributed by atoms with van der Waals surface area (Å²) in [5.74, 6) is 1.35. The number of nitrogens with zero attached hydrogens (tertiary/aromatic N) is 2. The van der Waals surface area contributed by atoms with Crippen molar-refractivity contribution in [2.75, 3.05) is 30.4 Å². The van der Waals surface area contributed by atoms with Crippen LogP contribution in [-0.2, 0) is 9.59 Å². The molecule has 0 aliphatic carbocycles. The van der Waals surface area contributed by atoms with E-state index in [1.807, 2.05) is 19.2 Å². The van der Waals surface area contributed by atoms with E-state index in [9.17, 15) is 9.59 Å². The number of carbonyl (C=O) groups is 2. The third-order valence-corrected chi connectivity index (χ3v) is 4.93. The van der Waals surface area contributed by atoms with Gasteiger partial charge >= 0.3 is 0 Å². The molecular formula is C17H27ClN4O2S. The van der Waals surface area contributed by atoms with Crippen LogP contribution in [0.2, 0.25) is 0 Å². The zero-order valence-electron chi connectivity index (χ0n) is 14.7. The van der Waals surface area contributed by atoms with E-state index < -0.39 is 6.04 Å². The molecule has 0 aromatic carbocycles. The van der Waals surface area contributed by atoms with Gasteiger partial charge in [-0.1, -0.05) is 6.07 Å². The molecule has 140 valence electrons. The van der Waals surface area contributed by atoms with Crippen molar-refractivity contribution < 1.29 is 9.59 Å². The topological polar surface area (TPSA) is 88.3 Å². The van der Waals surface area contributed by atoms with Crippen molar-refractivity contribution in [2.24, 2.45) is 11.7 Å². The Labute approximate surface area is 159 Å². The molecule has 3 N–H and O–H groups in total. The maximum atomic E-state index is 12.3. The molecule has 1 aliphatic heterocycles. The Bertz CT molecular complexity index is 562. The van der Waals surface area contributed by atoms with E-state index in [2.05, 4.69) is 10.3 Å². The highest BCUT2D eigenvalue weighted by Gasteiger charge is 2.29. The minimum Gasteiger partial charge on any atom is -0.341 e. The lowest BCUT2D eigenvalue weighted by molar-refractivity contribution is -0.135. The fraction of sp³-hybridized carbons (Fsp3) is 0.588. The molecule has 1 saturated heterocycles. The number of nitrogens with one attached hydrogen (secondary N) is 1. The van der Waals surface area contributed by atoms with Crippen LogP contribution in [0, 0.1) is 12.8 Å². The number of aromatic nitrogens is 1. The number of hydrogen-bond acceptors (Lipinski definition) is 5. The second-order valence-corrected chi connectivity index (χ2v) is 7.18. The van der Waals surface area contributed by atoms with Gasteiger partial charge in [0.2, 0.25) is 11.8 Å². The van der Waals surface area contributed by atoms with Crippen molar-refractivity contribution in [3.63, 3.8) is 0 Å². The van der Waals surface area contributed by atoms with Gasteiger partial charge in [-0.15, -0.1) is 12.4 Å². The number of piperidine rings is 1. The largest absolute Gasteiger partial charge is 0.341 e. The van der Waals surface area contributed by atoms with E-state index in [0.29, 0.717) is 38.2 Å². The average molecular weight is 387 g/mol. The molecule has 2 rings (SSSR count). The number of likely N-dealkylation sites (tertiary alicyclic amines) is 1. The Hall–Kier alpha value is -1.31. The fourth-order valence-corrected chi connectivity index (χ4v) is 3.22. The van der Waals surface area contributed by atoms with Crippen LogP contribution in [-0.4, -0.2) is 52.8 Å². The molecule has 0 bridgehead atoms. The number of anilines is 1. The highest BCUT2D eigenvalue weighted by Crippen LogP contribution is 2.20. The number of amides is 2.